The van der Waals surface area contributed by atoms with Crippen LogP contribution in [0.4, 0.5) is 13.2 Å². The highest BCUT2D eigenvalue weighted by molar-refractivity contribution is 6.34. The van der Waals surface area contributed by atoms with Gasteiger partial charge in [0.2, 0.25) is 5.91 Å². The van der Waals surface area contributed by atoms with E-state index in [4.69, 9.17) is 11.6 Å². The number of likely N-dealkylation sites (N-methyl/N-ethyl adjacent to an activating group) is 2. The fourth-order valence-corrected chi connectivity index (χ4v) is 3.34. The Morgan fingerprint density at radius 1 is 1.21 bits per heavy atom. The summed E-state index contributed by atoms with van der Waals surface area (Å²) in [4.78, 5) is 23.2. The van der Waals surface area contributed by atoms with E-state index in [0.717, 1.165) is 10.1 Å². The predicted molar refractivity (Wildman–Crippen MR) is 101 cm³/mol. The van der Waals surface area contributed by atoms with Crippen LogP contribution in [0.2, 0.25) is 5.15 Å². The molecular formula is C18H19ClF3N5O. The smallest absolute Gasteiger partial charge is 0.348 e. The van der Waals surface area contributed by atoms with E-state index in [1.165, 1.54) is 11.2 Å². The van der Waals surface area contributed by atoms with Crippen molar-refractivity contribution in [2.45, 2.75) is 19.3 Å². The number of fused-ring (bicyclic) bond motifs is 3. The molecule has 2 heterocycles. The lowest BCUT2D eigenvalue weighted by atomic mass is 10.1. The zero-order valence-electron chi connectivity index (χ0n) is 15.6. The molecule has 28 heavy (non-hydrogen) atoms. The first-order valence-electron chi connectivity index (χ1n) is 8.43. The number of hydrogen-bond donors (Lipinski definition) is 0. The Hall–Kier alpha value is -2.39. The number of alkyl halides is 3. The first-order chi connectivity index (χ1) is 13.1. The van der Waals surface area contributed by atoms with Crippen molar-refractivity contribution in [2.75, 3.05) is 27.7 Å². The van der Waals surface area contributed by atoms with Gasteiger partial charge in [-0.2, -0.15) is 13.2 Å². The van der Waals surface area contributed by atoms with E-state index in [1.54, 1.807) is 39.3 Å². The second-order valence-electron chi connectivity index (χ2n) is 6.87. The van der Waals surface area contributed by atoms with Gasteiger partial charge in [-0.3, -0.25) is 9.69 Å². The van der Waals surface area contributed by atoms with Crippen molar-refractivity contribution in [3.05, 3.63) is 35.2 Å². The number of hydrogen-bond acceptors (Lipinski definition) is 4. The van der Waals surface area contributed by atoms with Gasteiger partial charge in [0.1, 0.15) is 23.9 Å². The van der Waals surface area contributed by atoms with Crippen molar-refractivity contribution in [3.63, 3.8) is 0 Å². The molecule has 3 rings (SSSR count). The number of carbonyl (C=O) groups is 1. The van der Waals surface area contributed by atoms with Crippen molar-refractivity contribution in [3.8, 4) is 0 Å². The molecule has 1 aromatic carbocycles. The average Bonchev–Trinajstić information content (AvgIpc) is 2.88. The first-order valence-corrected chi connectivity index (χ1v) is 8.81. The molecule has 0 aliphatic rings. The fraction of sp³-hybridized carbons (Fsp3) is 0.389. The summed E-state index contributed by atoms with van der Waals surface area (Å²) in [7, 11) is 5.17. The molecule has 150 valence electrons. The lowest BCUT2D eigenvalue weighted by Gasteiger charge is -2.19. The van der Waals surface area contributed by atoms with Crippen molar-refractivity contribution in [2.24, 2.45) is 0 Å². The van der Waals surface area contributed by atoms with Gasteiger partial charge in [0.25, 0.3) is 0 Å². The number of benzene rings is 1. The van der Waals surface area contributed by atoms with E-state index in [9.17, 15) is 18.0 Å². The Labute approximate surface area is 164 Å². The maximum Gasteiger partial charge on any atom is 0.406 e. The zero-order chi connectivity index (χ0) is 20.6. The summed E-state index contributed by atoms with van der Waals surface area (Å²) < 4.78 is 40.4. The van der Waals surface area contributed by atoms with Gasteiger partial charge in [-0.05, 0) is 24.7 Å². The van der Waals surface area contributed by atoms with Gasteiger partial charge in [-0.15, -0.1) is 0 Å². The van der Waals surface area contributed by atoms with Gasteiger partial charge in [-0.1, -0.05) is 17.7 Å². The predicted octanol–water partition coefficient (Wildman–Crippen LogP) is 3.32. The third-order valence-electron chi connectivity index (χ3n) is 4.35. The van der Waals surface area contributed by atoms with Crippen LogP contribution in [0.5, 0.6) is 0 Å². The molecule has 0 bridgehead atoms. The van der Waals surface area contributed by atoms with E-state index in [0.29, 0.717) is 23.0 Å². The summed E-state index contributed by atoms with van der Waals surface area (Å²) >= 11 is 6.08. The Morgan fingerprint density at radius 2 is 1.93 bits per heavy atom. The van der Waals surface area contributed by atoms with E-state index in [1.807, 2.05) is 4.90 Å². The highest BCUT2D eigenvalue weighted by Gasteiger charge is 2.30. The normalized spacial score (nSPS) is 12.3. The Balaban J connectivity index is 2.03. The summed E-state index contributed by atoms with van der Waals surface area (Å²) in [5, 5.41) is 0.536. The van der Waals surface area contributed by atoms with Crippen molar-refractivity contribution in [1.82, 2.24) is 24.3 Å². The Morgan fingerprint density at radius 3 is 2.57 bits per heavy atom. The average molecular weight is 414 g/mol. The van der Waals surface area contributed by atoms with Gasteiger partial charge in [0.05, 0.1) is 12.1 Å². The monoisotopic (exact) mass is 413 g/mol. The lowest BCUT2D eigenvalue weighted by molar-refractivity contribution is -0.139. The Bertz CT molecular complexity index is 1030. The van der Waals surface area contributed by atoms with Crippen molar-refractivity contribution >= 4 is 39.4 Å². The molecule has 6 nitrogen and oxygen atoms in total. The van der Waals surface area contributed by atoms with E-state index < -0.39 is 12.7 Å². The molecule has 0 saturated heterocycles. The topological polar surface area (TPSA) is 54.3 Å². The summed E-state index contributed by atoms with van der Waals surface area (Å²) in [5.74, 6) is -0.0371. The number of rotatable bonds is 5. The highest BCUT2D eigenvalue weighted by atomic mass is 35.5. The first kappa shape index (κ1) is 20.3. The quantitative estimate of drug-likeness (QED) is 0.602. The van der Waals surface area contributed by atoms with Crippen LogP contribution >= 0.6 is 11.6 Å². The van der Waals surface area contributed by atoms with Crippen LogP contribution in [-0.2, 0) is 17.9 Å². The minimum atomic E-state index is -4.41. The molecule has 10 heteroatoms. The van der Waals surface area contributed by atoms with Gasteiger partial charge in [-0.25, -0.2) is 9.97 Å². The van der Waals surface area contributed by atoms with Crippen molar-refractivity contribution < 1.29 is 18.0 Å². The highest BCUT2D eigenvalue weighted by Crippen LogP contribution is 2.34. The number of aromatic nitrogens is 3. The van der Waals surface area contributed by atoms with Crippen molar-refractivity contribution in [1.29, 1.82) is 0 Å². The number of amides is 1. The van der Waals surface area contributed by atoms with E-state index in [-0.39, 0.29) is 23.1 Å². The summed E-state index contributed by atoms with van der Waals surface area (Å²) in [6.07, 6.45) is -3.18. The van der Waals surface area contributed by atoms with Crippen LogP contribution in [0.25, 0.3) is 21.9 Å². The van der Waals surface area contributed by atoms with Crippen LogP contribution in [0.1, 0.15) is 5.56 Å². The minimum absolute atomic E-state index is 0.0271. The molecule has 0 spiro atoms. The second kappa shape index (κ2) is 7.56. The molecular weight excluding hydrogens is 395 g/mol. The van der Waals surface area contributed by atoms with Gasteiger partial charge >= 0.3 is 6.18 Å². The van der Waals surface area contributed by atoms with Crippen LogP contribution in [0.3, 0.4) is 0 Å². The van der Waals surface area contributed by atoms with Gasteiger partial charge < -0.3 is 9.47 Å². The number of halogens is 4. The second-order valence-corrected chi connectivity index (χ2v) is 7.23. The zero-order valence-corrected chi connectivity index (χ0v) is 16.3. The molecule has 0 N–H and O–H groups in total. The summed E-state index contributed by atoms with van der Waals surface area (Å²) in [5.41, 5.74) is 1.76. The number of carbonyl (C=O) groups excluding carboxylic acids is 1. The summed E-state index contributed by atoms with van der Waals surface area (Å²) in [6, 6.07) is 5.15. The SMILES string of the molecule is CN(CC(=O)N(C)C)Cc1ccc2c(c1)c1ncnc(Cl)c1n2CC(F)(F)F. The largest absolute Gasteiger partial charge is 0.406 e. The molecule has 2 aromatic heterocycles. The van der Waals surface area contributed by atoms with E-state index in [2.05, 4.69) is 9.97 Å². The standard InChI is InChI=1S/C18H19ClF3N5O/c1-25(2)14(28)8-26(3)7-11-4-5-13-12(6-11)15-16(17(19)24-10-23-15)27(13)9-18(20,21)22/h4-6,10H,7-9H2,1-3H3. The number of nitrogens with zero attached hydrogens (tertiary/aromatic N) is 5. The molecule has 0 atom stereocenters. The van der Waals surface area contributed by atoms with Crippen LogP contribution < -0.4 is 0 Å². The van der Waals surface area contributed by atoms with Gasteiger partial charge in [0.15, 0.2) is 5.15 Å². The molecule has 0 aliphatic heterocycles. The molecule has 1 amide bonds. The Kier molecular flexibility index (Phi) is 5.49. The maximum absolute atomic E-state index is 13.1. The maximum atomic E-state index is 13.1. The third kappa shape index (κ3) is 4.20. The molecule has 0 fully saturated rings. The van der Waals surface area contributed by atoms with Crippen LogP contribution in [0, 0.1) is 0 Å². The molecule has 0 radical (unpaired) electrons. The minimum Gasteiger partial charge on any atom is -0.348 e. The molecule has 0 saturated carbocycles. The van der Waals surface area contributed by atoms with Crippen LogP contribution in [0.15, 0.2) is 24.5 Å². The fourth-order valence-electron chi connectivity index (χ4n) is 3.10. The molecule has 0 unspecified atom stereocenters. The lowest BCUT2D eigenvalue weighted by Crippen LogP contribution is -2.34. The van der Waals surface area contributed by atoms with E-state index >= 15 is 0 Å². The van der Waals surface area contributed by atoms with Gasteiger partial charge in [0, 0.05) is 26.0 Å². The summed E-state index contributed by atoms with van der Waals surface area (Å²) in [6.45, 7) is -0.494. The third-order valence-corrected chi connectivity index (χ3v) is 4.62. The molecule has 0 aliphatic carbocycles. The van der Waals surface area contributed by atoms with Crippen LogP contribution in [-0.4, -0.2) is 64.1 Å². The molecule has 3 aromatic rings.